The van der Waals surface area contributed by atoms with Crippen molar-refractivity contribution in [1.82, 2.24) is 10.2 Å². The zero-order valence-electron chi connectivity index (χ0n) is 21.9. The van der Waals surface area contributed by atoms with Gasteiger partial charge >= 0.3 is 0 Å². The zero-order chi connectivity index (χ0) is 27.6. The molecule has 0 aliphatic rings. The number of hydrogen-bond donors (Lipinski definition) is 1. The molecule has 0 unspecified atom stereocenters. The number of nitrogens with zero attached hydrogens (tertiary/aromatic N) is 1. The SMILES string of the molecule is CCCCNC(=O)[C@H](Cc1ccccc1)N(Cc1cccc(Cl)c1)C(=O)COc1ccc2ccccc2c1Br. The third-order valence-corrected chi connectivity index (χ3v) is 7.57. The third-order valence-electron chi connectivity index (χ3n) is 6.52. The second-order valence-corrected chi connectivity index (χ2v) is 10.6. The van der Waals surface area contributed by atoms with Gasteiger partial charge in [-0.2, -0.15) is 0 Å². The van der Waals surface area contributed by atoms with Gasteiger partial charge in [0, 0.05) is 24.5 Å². The third kappa shape index (κ3) is 7.84. The first-order valence-electron chi connectivity index (χ1n) is 13.1. The number of hydrogen-bond acceptors (Lipinski definition) is 3. The number of ether oxygens (including phenoxy) is 1. The second-order valence-electron chi connectivity index (χ2n) is 9.39. The normalized spacial score (nSPS) is 11.7. The van der Waals surface area contributed by atoms with Gasteiger partial charge in [0.2, 0.25) is 5.91 Å². The van der Waals surface area contributed by atoms with Crippen LogP contribution in [-0.2, 0) is 22.6 Å². The van der Waals surface area contributed by atoms with Crippen molar-refractivity contribution in [2.45, 2.75) is 38.8 Å². The Morgan fingerprint density at radius 1 is 0.949 bits per heavy atom. The molecule has 0 spiro atoms. The average Bonchev–Trinajstić information content (AvgIpc) is 2.95. The molecule has 4 aromatic carbocycles. The molecule has 0 aromatic heterocycles. The molecule has 0 radical (unpaired) electrons. The summed E-state index contributed by atoms with van der Waals surface area (Å²) in [5, 5.41) is 5.67. The van der Waals surface area contributed by atoms with Crippen molar-refractivity contribution in [3.8, 4) is 5.75 Å². The summed E-state index contributed by atoms with van der Waals surface area (Å²) in [6, 6.07) is 28.1. The van der Waals surface area contributed by atoms with Crippen molar-refractivity contribution in [2.75, 3.05) is 13.2 Å². The highest BCUT2D eigenvalue weighted by Crippen LogP contribution is 2.33. The van der Waals surface area contributed by atoms with Crippen LogP contribution in [0.1, 0.15) is 30.9 Å². The number of benzene rings is 4. The van der Waals surface area contributed by atoms with Gasteiger partial charge in [-0.15, -0.1) is 0 Å². The minimum atomic E-state index is -0.723. The Morgan fingerprint density at radius 3 is 2.46 bits per heavy atom. The van der Waals surface area contributed by atoms with E-state index >= 15 is 0 Å². The van der Waals surface area contributed by atoms with E-state index in [4.69, 9.17) is 16.3 Å². The average molecular weight is 608 g/mol. The fourth-order valence-electron chi connectivity index (χ4n) is 4.44. The van der Waals surface area contributed by atoms with Crippen molar-refractivity contribution in [3.63, 3.8) is 0 Å². The first kappa shape index (κ1) is 28.7. The van der Waals surface area contributed by atoms with Crippen LogP contribution >= 0.6 is 27.5 Å². The monoisotopic (exact) mass is 606 g/mol. The topological polar surface area (TPSA) is 58.6 Å². The Hall–Kier alpha value is -3.35. The standard InChI is InChI=1S/C32H32BrClN2O3/c1-2-3-18-35-32(38)28(20-23-10-5-4-6-11-23)36(21-24-12-9-14-26(34)19-24)30(37)22-39-29-17-16-25-13-7-8-15-27(25)31(29)33/h4-17,19,28H,2-3,18,20-22H2,1H3,(H,35,38)/t28-/m0/s1. The maximum absolute atomic E-state index is 13.8. The number of rotatable bonds is 12. The molecule has 0 fully saturated rings. The molecule has 202 valence electrons. The van der Waals surface area contributed by atoms with Crippen molar-refractivity contribution in [2.24, 2.45) is 0 Å². The number of carbonyl (C=O) groups excluding carboxylic acids is 2. The van der Waals surface area contributed by atoms with Crippen LogP contribution in [0.5, 0.6) is 5.75 Å². The molecule has 39 heavy (non-hydrogen) atoms. The maximum Gasteiger partial charge on any atom is 0.261 e. The summed E-state index contributed by atoms with van der Waals surface area (Å²) in [6.07, 6.45) is 2.21. The van der Waals surface area contributed by atoms with Crippen molar-refractivity contribution in [3.05, 3.63) is 112 Å². The predicted octanol–water partition coefficient (Wildman–Crippen LogP) is 7.19. The number of halogens is 2. The maximum atomic E-state index is 13.8. The summed E-state index contributed by atoms with van der Waals surface area (Å²) in [6.45, 7) is 2.64. The zero-order valence-corrected chi connectivity index (χ0v) is 24.3. The van der Waals surface area contributed by atoms with E-state index in [2.05, 4.69) is 28.2 Å². The molecular formula is C32H32BrClN2O3. The summed E-state index contributed by atoms with van der Waals surface area (Å²) < 4.78 is 6.82. The van der Waals surface area contributed by atoms with E-state index in [0.717, 1.165) is 39.2 Å². The molecule has 0 saturated carbocycles. The highest BCUT2D eigenvalue weighted by atomic mass is 79.9. The van der Waals surface area contributed by atoms with E-state index in [9.17, 15) is 9.59 Å². The van der Waals surface area contributed by atoms with Gasteiger partial charge < -0.3 is 15.0 Å². The minimum absolute atomic E-state index is 0.186. The van der Waals surface area contributed by atoms with Gasteiger partial charge in [-0.25, -0.2) is 0 Å². The van der Waals surface area contributed by atoms with Gasteiger partial charge in [-0.3, -0.25) is 9.59 Å². The summed E-state index contributed by atoms with van der Waals surface area (Å²) in [5.41, 5.74) is 1.80. The van der Waals surface area contributed by atoms with Crippen LogP contribution in [0.15, 0.2) is 95.5 Å². The lowest BCUT2D eigenvalue weighted by Crippen LogP contribution is -2.51. The number of unbranched alkanes of at least 4 members (excludes halogenated alkanes) is 1. The molecule has 0 heterocycles. The van der Waals surface area contributed by atoms with Crippen molar-refractivity contribution in [1.29, 1.82) is 0 Å². The molecule has 4 aromatic rings. The van der Waals surface area contributed by atoms with Gasteiger partial charge in [-0.1, -0.05) is 97.7 Å². The van der Waals surface area contributed by atoms with Gasteiger partial charge in [0.15, 0.2) is 6.61 Å². The first-order valence-corrected chi connectivity index (χ1v) is 14.3. The number of nitrogens with one attached hydrogen (secondary N) is 1. The second kappa shape index (κ2) is 14.2. The molecule has 7 heteroatoms. The van der Waals surface area contributed by atoms with Crippen LogP contribution in [0.25, 0.3) is 10.8 Å². The Labute approximate surface area is 243 Å². The molecule has 5 nitrogen and oxygen atoms in total. The Kier molecular flexibility index (Phi) is 10.4. The van der Waals surface area contributed by atoms with Crippen LogP contribution in [0.3, 0.4) is 0 Å². The Morgan fingerprint density at radius 2 is 1.69 bits per heavy atom. The van der Waals surface area contributed by atoms with Crippen LogP contribution in [-0.4, -0.2) is 35.9 Å². The van der Waals surface area contributed by atoms with Crippen molar-refractivity contribution >= 4 is 50.1 Å². The smallest absolute Gasteiger partial charge is 0.261 e. The molecular weight excluding hydrogens is 576 g/mol. The minimum Gasteiger partial charge on any atom is -0.483 e. The van der Waals surface area contributed by atoms with Gasteiger partial charge in [-0.05, 0) is 62.4 Å². The summed E-state index contributed by atoms with van der Waals surface area (Å²) in [5.74, 6) is 0.0907. The molecule has 0 aliphatic heterocycles. The highest BCUT2D eigenvalue weighted by Gasteiger charge is 2.30. The molecule has 4 rings (SSSR count). The van der Waals surface area contributed by atoms with E-state index in [0.29, 0.717) is 23.7 Å². The van der Waals surface area contributed by atoms with Gasteiger partial charge in [0.05, 0.1) is 4.47 Å². The van der Waals surface area contributed by atoms with Gasteiger partial charge in [0.25, 0.3) is 5.91 Å². The number of carbonyl (C=O) groups is 2. The first-order chi connectivity index (χ1) is 19.0. The molecule has 0 saturated heterocycles. The highest BCUT2D eigenvalue weighted by molar-refractivity contribution is 9.10. The summed E-state index contributed by atoms with van der Waals surface area (Å²) in [4.78, 5) is 28.9. The van der Waals surface area contributed by atoms with Crippen LogP contribution in [0.2, 0.25) is 5.02 Å². The summed E-state index contributed by atoms with van der Waals surface area (Å²) >= 11 is 9.89. The Bertz CT molecular complexity index is 1410. The van der Waals surface area contributed by atoms with Crippen molar-refractivity contribution < 1.29 is 14.3 Å². The number of amides is 2. The molecule has 0 aliphatic carbocycles. The lowest BCUT2D eigenvalue weighted by molar-refractivity contribution is -0.142. The van der Waals surface area contributed by atoms with Gasteiger partial charge in [0.1, 0.15) is 11.8 Å². The van der Waals surface area contributed by atoms with E-state index in [-0.39, 0.29) is 25.0 Å². The molecule has 2 amide bonds. The predicted molar refractivity (Wildman–Crippen MR) is 161 cm³/mol. The van der Waals surface area contributed by atoms with E-state index in [1.165, 1.54) is 0 Å². The van der Waals surface area contributed by atoms with E-state index in [1.54, 1.807) is 11.0 Å². The summed E-state index contributed by atoms with van der Waals surface area (Å²) in [7, 11) is 0. The largest absolute Gasteiger partial charge is 0.483 e. The van der Waals surface area contributed by atoms with Crippen LogP contribution in [0.4, 0.5) is 0 Å². The van der Waals surface area contributed by atoms with Crippen LogP contribution < -0.4 is 10.1 Å². The lowest BCUT2D eigenvalue weighted by atomic mass is 10.0. The Balaban J connectivity index is 1.62. The fourth-order valence-corrected chi connectivity index (χ4v) is 5.26. The van der Waals surface area contributed by atoms with Crippen LogP contribution in [0, 0.1) is 0 Å². The van der Waals surface area contributed by atoms with E-state index < -0.39 is 6.04 Å². The number of fused-ring (bicyclic) bond motifs is 1. The van der Waals surface area contributed by atoms with E-state index in [1.807, 2.05) is 84.9 Å². The fraction of sp³-hybridized carbons (Fsp3) is 0.250. The molecule has 1 N–H and O–H groups in total. The quantitative estimate of drug-likeness (QED) is 0.173. The molecule has 0 bridgehead atoms. The molecule has 1 atom stereocenters. The lowest BCUT2D eigenvalue weighted by Gasteiger charge is -2.31.